The lowest BCUT2D eigenvalue weighted by molar-refractivity contribution is -0.116. The molecule has 1 amide bonds. The Hall–Kier alpha value is -1.58. The molecule has 1 aliphatic heterocycles. The number of allylic oxidation sites excluding steroid dienone is 3. The van der Waals surface area contributed by atoms with E-state index in [-0.39, 0.29) is 16.7 Å². The summed E-state index contributed by atoms with van der Waals surface area (Å²) in [6.07, 6.45) is 11.0. The van der Waals surface area contributed by atoms with Gasteiger partial charge >= 0.3 is 0 Å². The van der Waals surface area contributed by atoms with Crippen molar-refractivity contribution in [3.63, 3.8) is 0 Å². The highest BCUT2D eigenvalue weighted by atomic mass is 16.4. The fourth-order valence-electron chi connectivity index (χ4n) is 6.75. The van der Waals surface area contributed by atoms with Crippen LogP contribution in [0.15, 0.2) is 28.5 Å². The first-order valence-electron chi connectivity index (χ1n) is 9.78. The second kappa shape index (κ2) is 5.72. The summed E-state index contributed by atoms with van der Waals surface area (Å²) in [5.41, 5.74) is 3.74. The van der Waals surface area contributed by atoms with Crippen molar-refractivity contribution in [3.8, 4) is 0 Å². The molecule has 2 fully saturated rings. The minimum Gasteiger partial charge on any atom is -0.411 e. The number of amides is 1. The molecule has 0 radical (unpaired) electrons. The average Bonchev–Trinajstić information content (AvgIpc) is 2.85. The average molecular weight is 342 g/mol. The van der Waals surface area contributed by atoms with Crippen LogP contribution in [0.2, 0.25) is 0 Å². The van der Waals surface area contributed by atoms with Crippen molar-refractivity contribution >= 4 is 11.6 Å². The summed E-state index contributed by atoms with van der Waals surface area (Å²) >= 11 is 0. The summed E-state index contributed by atoms with van der Waals surface area (Å²) in [5.74, 6) is 2.10. The van der Waals surface area contributed by atoms with Crippen molar-refractivity contribution in [2.75, 3.05) is 6.54 Å². The summed E-state index contributed by atoms with van der Waals surface area (Å²) in [7, 11) is 0. The van der Waals surface area contributed by atoms with Crippen LogP contribution in [0.25, 0.3) is 0 Å². The lowest BCUT2D eigenvalue weighted by Gasteiger charge is -2.57. The molecule has 0 spiro atoms. The predicted octanol–water partition coefficient (Wildman–Crippen LogP) is 4.06. The molecule has 2 N–H and O–H groups in total. The van der Waals surface area contributed by atoms with Gasteiger partial charge < -0.3 is 10.5 Å². The Bertz CT molecular complexity index is 692. The van der Waals surface area contributed by atoms with E-state index in [1.165, 1.54) is 24.0 Å². The molecule has 4 rings (SSSR count). The normalized spacial score (nSPS) is 43.9. The molecular weight excluding hydrogens is 312 g/mol. The van der Waals surface area contributed by atoms with E-state index in [1.807, 2.05) is 13.0 Å². The van der Waals surface area contributed by atoms with E-state index in [1.54, 1.807) is 0 Å². The number of fused-ring (bicyclic) bond motifs is 5. The smallest absolute Gasteiger partial charge is 0.243 e. The van der Waals surface area contributed by atoms with Crippen molar-refractivity contribution < 1.29 is 10.0 Å². The van der Waals surface area contributed by atoms with Crippen molar-refractivity contribution in [2.45, 2.75) is 59.3 Å². The number of nitrogens with one attached hydrogen (secondary N) is 1. The topological polar surface area (TPSA) is 61.7 Å². The largest absolute Gasteiger partial charge is 0.411 e. The van der Waals surface area contributed by atoms with Crippen molar-refractivity contribution in [1.82, 2.24) is 5.32 Å². The molecular formula is C21H30N2O2. The first kappa shape index (κ1) is 16.9. The SMILES string of the molecule is C/C(=N\O)C1=CCC2C3CCC4=CC(=O)NCCC4(C)C3CCC12C. The van der Waals surface area contributed by atoms with Gasteiger partial charge in [-0.05, 0) is 79.6 Å². The van der Waals surface area contributed by atoms with Gasteiger partial charge in [0.1, 0.15) is 0 Å². The van der Waals surface area contributed by atoms with Crippen LogP contribution in [0.4, 0.5) is 0 Å². The van der Waals surface area contributed by atoms with Gasteiger partial charge in [0.15, 0.2) is 0 Å². The van der Waals surface area contributed by atoms with Crippen molar-refractivity contribution in [1.29, 1.82) is 0 Å². The molecule has 5 atom stereocenters. The lowest BCUT2D eigenvalue weighted by Crippen LogP contribution is -2.49. The van der Waals surface area contributed by atoms with Gasteiger partial charge in [0.2, 0.25) is 5.91 Å². The van der Waals surface area contributed by atoms with Gasteiger partial charge in [-0.2, -0.15) is 0 Å². The van der Waals surface area contributed by atoms with Gasteiger partial charge in [-0.1, -0.05) is 30.7 Å². The third-order valence-electron chi connectivity index (χ3n) is 8.11. The summed E-state index contributed by atoms with van der Waals surface area (Å²) in [6.45, 7) is 7.51. The molecule has 136 valence electrons. The summed E-state index contributed by atoms with van der Waals surface area (Å²) in [6, 6.07) is 0. The third kappa shape index (κ3) is 2.32. The van der Waals surface area contributed by atoms with Crippen LogP contribution in [-0.4, -0.2) is 23.4 Å². The van der Waals surface area contributed by atoms with Gasteiger partial charge in [0, 0.05) is 12.6 Å². The molecule has 0 aromatic carbocycles. The molecule has 0 aromatic heterocycles. The van der Waals surface area contributed by atoms with E-state index in [9.17, 15) is 10.0 Å². The maximum absolute atomic E-state index is 12.0. The Labute approximate surface area is 150 Å². The fraction of sp³-hybridized carbons (Fsp3) is 0.714. The van der Waals surface area contributed by atoms with Gasteiger partial charge in [0.25, 0.3) is 0 Å². The molecule has 0 saturated heterocycles. The standard InChI is InChI=1S/C21H30N2O2/c1-13(23-25)16-6-7-17-15-5-4-14-12-19(24)22-11-10-20(14,2)18(15)8-9-21(16,17)3/h6,12,15,17-18,25H,4-5,7-11H2,1-3H3,(H,22,24)/b23-13+. The van der Waals surface area contributed by atoms with Crippen LogP contribution >= 0.6 is 0 Å². The Kier molecular flexibility index (Phi) is 3.86. The van der Waals surface area contributed by atoms with Crippen LogP contribution in [0, 0.1) is 28.6 Å². The summed E-state index contributed by atoms with van der Waals surface area (Å²) in [5, 5.41) is 15.8. The molecule has 1 heterocycles. The second-order valence-electron chi connectivity index (χ2n) is 9.04. The lowest BCUT2D eigenvalue weighted by atomic mass is 9.47. The molecule has 3 aliphatic carbocycles. The summed E-state index contributed by atoms with van der Waals surface area (Å²) < 4.78 is 0. The Morgan fingerprint density at radius 2 is 2.04 bits per heavy atom. The van der Waals surface area contributed by atoms with Crippen LogP contribution in [0.1, 0.15) is 59.3 Å². The zero-order valence-corrected chi connectivity index (χ0v) is 15.6. The first-order valence-corrected chi connectivity index (χ1v) is 9.78. The third-order valence-corrected chi connectivity index (χ3v) is 8.11. The van der Waals surface area contributed by atoms with Crippen LogP contribution < -0.4 is 5.32 Å². The van der Waals surface area contributed by atoms with E-state index in [0.717, 1.165) is 37.9 Å². The van der Waals surface area contributed by atoms with E-state index < -0.39 is 0 Å². The quantitative estimate of drug-likeness (QED) is 0.429. The van der Waals surface area contributed by atoms with Gasteiger partial charge in [-0.25, -0.2) is 0 Å². The highest BCUT2D eigenvalue weighted by molar-refractivity contribution is 5.99. The molecule has 2 saturated carbocycles. The minimum absolute atomic E-state index is 0.0948. The zero-order chi connectivity index (χ0) is 17.8. The highest BCUT2D eigenvalue weighted by Crippen LogP contribution is 2.64. The number of rotatable bonds is 1. The maximum Gasteiger partial charge on any atom is 0.243 e. The molecule has 25 heavy (non-hydrogen) atoms. The minimum atomic E-state index is 0.0948. The Morgan fingerprint density at radius 1 is 1.24 bits per heavy atom. The maximum atomic E-state index is 12.0. The van der Waals surface area contributed by atoms with Crippen molar-refractivity contribution in [3.05, 3.63) is 23.3 Å². The van der Waals surface area contributed by atoms with Gasteiger partial charge in [0.05, 0.1) is 5.71 Å². The van der Waals surface area contributed by atoms with E-state index in [2.05, 4.69) is 30.4 Å². The predicted molar refractivity (Wildman–Crippen MR) is 98.5 cm³/mol. The fourth-order valence-corrected chi connectivity index (χ4v) is 6.75. The number of oxime groups is 1. The summed E-state index contributed by atoms with van der Waals surface area (Å²) in [4.78, 5) is 12.0. The second-order valence-corrected chi connectivity index (χ2v) is 9.04. The number of carbonyl (C=O) groups is 1. The van der Waals surface area contributed by atoms with E-state index in [0.29, 0.717) is 17.8 Å². The number of nitrogens with zero attached hydrogens (tertiary/aromatic N) is 1. The molecule has 5 unspecified atom stereocenters. The molecule has 0 bridgehead atoms. The Balaban J connectivity index is 1.67. The van der Waals surface area contributed by atoms with Crippen LogP contribution in [-0.2, 0) is 4.79 Å². The molecule has 4 nitrogen and oxygen atoms in total. The van der Waals surface area contributed by atoms with Gasteiger partial charge in [-0.3, -0.25) is 4.79 Å². The van der Waals surface area contributed by atoms with Crippen molar-refractivity contribution in [2.24, 2.45) is 33.7 Å². The monoisotopic (exact) mass is 342 g/mol. The van der Waals surface area contributed by atoms with Gasteiger partial charge in [-0.15, -0.1) is 0 Å². The Morgan fingerprint density at radius 3 is 2.80 bits per heavy atom. The van der Waals surface area contributed by atoms with Crippen LogP contribution in [0.3, 0.4) is 0 Å². The molecule has 0 aromatic rings. The highest BCUT2D eigenvalue weighted by Gasteiger charge is 2.57. The molecule has 4 heteroatoms. The van der Waals surface area contributed by atoms with E-state index in [4.69, 9.17) is 0 Å². The van der Waals surface area contributed by atoms with E-state index >= 15 is 0 Å². The first-order chi connectivity index (χ1) is 11.9. The number of hydrogen-bond acceptors (Lipinski definition) is 3. The number of hydrogen-bond donors (Lipinski definition) is 2. The van der Waals surface area contributed by atoms with Crippen LogP contribution in [0.5, 0.6) is 0 Å². The molecule has 4 aliphatic rings. The number of carbonyl (C=O) groups excluding carboxylic acids is 1. The zero-order valence-electron chi connectivity index (χ0n) is 15.6.